The minimum absolute atomic E-state index is 0.128. The van der Waals surface area contributed by atoms with Gasteiger partial charge in [0.2, 0.25) is 5.91 Å². The summed E-state index contributed by atoms with van der Waals surface area (Å²) in [5, 5.41) is 5.40. The minimum atomic E-state index is -0.128. The molecule has 0 saturated carbocycles. The Kier molecular flexibility index (Phi) is 4.19. The summed E-state index contributed by atoms with van der Waals surface area (Å²) in [6.45, 7) is 2.03. The highest BCUT2D eigenvalue weighted by Gasteiger charge is 2.10. The van der Waals surface area contributed by atoms with Crippen molar-refractivity contribution in [3.63, 3.8) is 0 Å². The lowest BCUT2D eigenvalue weighted by Gasteiger charge is -2.11. The maximum absolute atomic E-state index is 11.1. The van der Waals surface area contributed by atoms with Gasteiger partial charge < -0.3 is 16.4 Å². The molecule has 16 heavy (non-hydrogen) atoms. The summed E-state index contributed by atoms with van der Waals surface area (Å²) in [5.74, 6) is 0.410. The molecule has 4 N–H and O–H groups in total. The number of aryl methyl sites for hydroxylation is 1. The zero-order valence-electron chi connectivity index (χ0n) is 9.20. The number of likely N-dealkylation sites (N-methyl/N-ethyl adjacent to an activating group) is 1. The van der Waals surface area contributed by atoms with E-state index in [2.05, 4.69) is 15.6 Å². The van der Waals surface area contributed by atoms with Crippen LogP contribution in [-0.4, -0.2) is 29.5 Å². The maximum atomic E-state index is 11.1. The zero-order chi connectivity index (χ0) is 12.1. The van der Waals surface area contributed by atoms with Gasteiger partial charge >= 0.3 is 0 Å². The molecule has 1 rings (SSSR count). The van der Waals surface area contributed by atoms with E-state index >= 15 is 0 Å². The van der Waals surface area contributed by atoms with Gasteiger partial charge in [0.25, 0.3) is 0 Å². The smallest absolute Gasteiger partial charge is 0.239 e. The predicted molar refractivity (Wildman–Crippen MR) is 67.4 cm³/mol. The van der Waals surface area contributed by atoms with Crippen LogP contribution in [0.3, 0.4) is 0 Å². The molecule has 0 aliphatic carbocycles. The number of thiocarbonyl (C=S) groups is 1. The van der Waals surface area contributed by atoms with E-state index in [0.29, 0.717) is 11.4 Å². The van der Waals surface area contributed by atoms with E-state index in [-0.39, 0.29) is 17.4 Å². The number of aromatic nitrogens is 1. The normalized spacial score (nSPS) is 9.62. The fraction of sp³-hybridized carbons (Fsp3) is 0.300. The minimum Gasteiger partial charge on any atom is -0.389 e. The molecule has 0 unspecified atom stereocenters. The summed E-state index contributed by atoms with van der Waals surface area (Å²) in [4.78, 5) is 15.5. The Bertz CT molecular complexity index is 419. The summed E-state index contributed by atoms with van der Waals surface area (Å²) in [6, 6.07) is 1.82. The molecule has 0 atom stereocenters. The summed E-state index contributed by atoms with van der Waals surface area (Å²) in [7, 11) is 1.57. The van der Waals surface area contributed by atoms with Crippen molar-refractivity contribution in [3.8, 4) is 0 Å². The lowest BCUT2D eigenvalue weighted by molar-refractivity contribution is -0.118. The molecule has 0 spiro atoms. The summed E-state index contributed by atoms with van der Waals surface area (Å²) >= 11 is 4.94. The molecular formula is C10H14N4OS. The van der Waals surface area contributed by atoms with Crippen molar-refractivity contribution in [2.75, 3.05) is 18.9 Å². The fourth-order valence-corrected chi connectivity index (χ4v) is 1.51. The maximum Gasteiger partial charge on any atom is 0.239 e. The molecule has 6 heteroatoms. The average Bonchev–Trinajstić information content (AvgIpc) is 2.25. The van der Waals surface area contributed by atoms with Crippen LogP contribution in [0.1, 0.15) is 11.1 Å². The van der Waals surface area contributed by atoms with E-state index in [9.17, 15) is 4.79 Å². The summed E-state index contributed by atoms with van der Waals surface area (Å²) in [6.07, 6.45) is 1.64. The number of pyridine rings is 1. The van der Waals surface area contributed by atoms with Crippen molar-refractivity contribution >= 4 is 28.9 Å². The van der Waals surface area contributed by atoms with E-state index in [0.717, 1.165) is 5.56 Å². The SMILES string of the molecule is CNC(=O)CNc1nccc(C)c1C(N)=S. The molecule has 1 amide bonds. The highest BCUT2D eigenvalue weighted by atomic mass is 32.1. The number of carbonyl (C=O) groups is 1. The first-order valence-corrected chi connectivity index (χ1v) is 5.17. The van der Waals surface area contributed by atoms with Gasteiger partial charge in [-0.15, -0.1) is 0 Å². The second kappa shape index (κ2) is 5.41. The van der Waals surface area contributed by atoms with Crippen molar-refractivity contribution < 1.29 is 4.79 Å². The third kappa shape index (κ3) is 2.90. The van der Waals surface area contributed by atoms with Crippen LogP contribution in [0.2, 0.25) is 0 Å². The molecule has 1 aromatic rings. The van der Waals surface area contributed by atoms with E-state index in [1.54, 1.807) is 13.2 Å². The monoisotopic (exact) mass is 238 g/mol. The van der Waals surface area contributed by atoms with Gasteiger partial charge in [0.05, 0.1) is 12.1 Å². The first-order chi connectivity index (χ1) is 7.56. The van der Waals surface area contributed by atoms with Gasteiger partial charge in [0, 0.05) is 13.2 Å². The van der Waals surface area contributed by atoms with Crippen molar-refractivity contribution in [2.45, 2.75) is 6.92 Å². The number of anilines is 1. The lowest BCUT2D eigenvalue weighted by atomic mass is 10.1. The van der Waals surface area contributed by atoms with E-state index in [4.69, 9.17) is 18.0 Å². The van der Waals surface area contributed by atoms with Gasteiger partial charge in [0.1, 0.15) is 10.8 Å². The van der Waals surface area contributed by atoms with E-state index < -0.39 is 0 Å². The van der Waals surface area contributed by atoms with Crippen LogP contribution < -0.4 is 16.4 Å². The molecule has 1 aromatic heterocycles. The third-order valence-electron chi connectivity index (χ3n) is 2.10. The Morgan fingerprint density at radius 2 is 2.31 bits per heavy atom. The van der Waals surface area contributed by atoms with Gasteiger partial charge in [-0.25, -0.2) is 4.98 Å². The molecule has 86 valence electrons. The fourth-order valence-electron chi connectivity index (χ4n) is 1.26. The lowest BCUT2D eigenvalue weighted by Crippen LogP contribution is -2.27. The first kappa shape index (κ1) is 12.4. The van der Waals surface area contributed by atoms with Gasteiger partial charge in [-0.2, -0.15) is 0 Å². The van der Waals surface area contributed by atoms with Crippen LogP contribution in [0.15, 0.2) is 12.3 Å². The van der Waals surface area contributed by atoms with Gasteiger partial charge in [-0.05, 0) is 18.6 Å². The van der Waals surface area contributed by atoms with Crippen LogP contribution >= 0.6 is 12.2 Å². The topological polar surface area (TPSA) is 80.0 Å². The molecule has 5 nitrogen and oxygen atoms in total. The second-order valence-electron chi connectivity index (χ2n) is 3.24. The Labute approximate surface area is 99.4 Å². The largest absolute Gasteiger partial charge is 0.389 e. The molecule has 1 heterocycles. The van der Waals surface area contributed by atoms with Crippen LogP contribution in [0.5, 0.6) is 0 Å². The number of carbonyl (C=O) groups excluding carboxylic acids is 1. The van der Waals surface area contributed by atoms with Crippen molar-refractivity contribution in [2.24, 2.45) is 5.73 Å². The summed E-state index contributed by atoms with van der Waals surface area (Å²) in [5.41, 5.74) is 7.22. The number of hydrogen-bond acceptors (Lipinski definition) is 4. The van der Waals surface area contributed by atoms with E-state index in [1.165, 1.54) is 0 Å². The third-order valence-corrected chi connectivity index (χ3v) is 2.31. The summed E-state index contributed by atoms with van der Waals surface area (Å²) < 4.78 is 0. The van der Waals surface area contributed by atoms with Crippen LogP contribution in [0.4, 0.5) is 5.82 Å². The van der Waals surface area contributed by atoms with Gasteiger partial charge in [0.15, 0.2) is 0 Å². The molecule has 0 saturated heterocycles. The highest BCUT2D eigenvalue weighted by Crippen LogP contribution is 2.15. The number of nitrogens with two attached hydrogens (primary N) is 1. The molecule has 0 fully saturated rings. The molecule has 0 radical (unpaired) electrons. The van der Waals surface area contributed by atoms with E-state index in [1.807, 2.05) is 13.0 Å². The molecule has 0 aromatic carbocycles. The molecule has 0 aliphatic heterocycles. The van der Waals surface area contributed by atoms with Crippen LogP contribution in [-0.2, 0) is 4.79 Å². The van der Waals surface area contributed by atoms with Crippen molar-refractivity contribution in [1.82, 2.24) is 10.3 Å². The average molecular weight is 238 g/mol. The molecular weight excluding hydrogens is 224 g/mol. The zero-order valence-corrected chi connectivity index (χ0v) is 10.0. The van der Waals surface area contributed by atoms with Gasteiger partial charge in [-0.1, -0.05) is 12.2 Å². The predicted octanol–water partition coefficient (Wildman–Crippen LogP) is 0.182. The van der Waals surface area contributed by atoms with Crippen molar-refractivity contribution in [3.05, 3.63) is 23.4 Å². The Morgan fingerprint density at radius 1 is 1.62 bits per heavy atom. The standard InChI is InChI=1S/C10H14N4OS/c1-6-3-4-13-10(8(6)9(11)16)14-5-7(15)12-2/h3-4H,5H2,1-2H3,(H2,11,16)(H,12,15)(H,13,14). The first-order valence-electron chi connectivity index (χ1n) is 4.76. The number of amides is 1. The Morgan fingerprint density at radius 3 is 2.88 bits per heavy atom. The Balaban J connectivity index is 2.91. The second-order valence-corrected chi connectivity index (χ2v) is 3.68. The number of hydrogen-bond donors (Lipinski definition) is 3. The van der Waals surface area contributed by atoms with Crippen LogP contribution in [0, 0.1) is 6.92 Å². The highest BCUT2D eigenvalue weighted by molar-refractivity contribution is 7.80. The number of rotatable bonds is 4. The quantitative estimate of drug-likeness (QED) is 0.652. The molecule has 0 aliphatic rings. The van der Waals surface area contributed by atoms with Crippen LogP contribution in [0.25, 0.3) is 0 Å². The van der Waals surface area contributed by atoms with Gasteiger partial charge in [-0.3, -0.25) is 4.79 Å². The number of nitrogens with one attached hydrogen (secondary N) is 2. The Hall–Kier alpha value is -1.69. The molecule has 0 bridgehead atoms. The number of nitrogens with zero attached hydrogens (tertiary/aromatic N) is 1. The van der Waals surface area contributed by atoms with Crippen molar-refractivity contribution in [1.29, 1.82) is 0 Å².